The molecule has 0 rings (SSSR count). The van der Waals surface area contributed by atoms with Crippen molar-refractivity contribution < 1.29 is 8.42 Å². The molecule has 0 aliphatic carbocycles. The van der Waals surface area contributed by atoms with E-state index in [1.165, 1.54) is 13.8 Å². The second-order valence-corrected chi connectivity index (χ2v) is 6.67. The van der Waals surface area contributed by atoms with Gasteiger partial charge in [0, 0.05) is 5.75 Å². The molecule has 0 aromatic carbocycles. The lowest BCUT2D eigenvalue weighted by Gasteiger charge is -2.11. The minimum absolute atomic E-state index is 0.0255. The van der Waals surface area contributed by atoms with E-state index in [1.54, 1.807) is 6.07 Å². The van der Waals surface area contributed by atoms with Crippen LogP contribution in [0.25, 0.3) is 0 Å². The second-order valence-electron chi connectivity index (χ2n) is 1.93. The first-order chi connectivity index (χ1) is 4.37. The average molecular weight is 226 g/mol. The van der Waals surface area contributed by atoms with E-state index in [9.17, 15) is 8.42 Å². The third-order valence-corrected chi connectivity index (χ3v) is 4.84. The molecule has 0 N–H and O–H groups in total. The van der Waals surface area contributed by atoms with Crippen LogP contribution in [0.3, 0.4) is 0 Å². The largest absolute Gasteiger partial charge is 0.226 e. The zero-order valence-corrected chi connectivity index (χ0v) is 8.16. The maximum Gasteiger partial charge on any atom is 0.209 e. The molecule has 0 fully saturated rings. The lowest BCUT2D eigenvalue weighted by molar-refractivity contribution is 0.590. The van der Waals surface area contributed by atoms with Gasteiger partial charge in [-0.05, 0) is 6.92 Å². The van der Waals surface area contributed by atoms with Gasteiger partial charge in [0.25, 0.3) is 0 Å². The molecule has 0 saturated carbocycles. The maximum absolute atomic E-state index is 11.0. The summed E-state index contributed by atoms with van der Waals surface area (Å²) in [6, 6.07) is 1.66. The number of rotatable bonds is 2. The summed E-state index contributed by atoms with van der Waals surface area (Å²) in [6.07, 6.45) is 0. The highest BCUT2D eigenvalue weighted by molar-refractivity contribution is 9.11. The molecular formula is C5H8BrNO2S. The summed E-state index contributed by atoms with van der Waals surface area (Å²) in [5.74, 6) is -0.0255. The molecule has 0 aromatic heterocycles. The number of alkyl halides is 1. The summed E-state index contributed by atoms with van der Waals surface area (Å²) in [6.45, 7) is 2.83. The molecule has 5 heteroatoms. The van der Waals surface area contributed by atoms with Gasteiger partial charge in [-0.25, -0.2) is 8.42 Å². The number of nitrogens with zero attached hydrogens (tertiary/aromatic N) is 1. The Morgan fingerprint density at radius 1 is 1.70 bits per heavy atom. The van der Waals surface area contributed by atoms with Crippen LogP contribution < -0.4 is 0 Å². The fourth-order valence-corrected chi connectivity index (χ4v) is 1.71. The highest BCUT2D eigenvalue weighted by Gasteiger charge is 2.34. The fourth-order valence-electron chi connectivity index (χ4n) is 0.341. The topological polar surface area (TPSA) is 57.9 Å². The van der Waals surface area contributed by atoms with Gasteiger partial charge in [0.05, 0.1) is 6.07 Å². The molecule has 0 amide bonds. The van der Waals surface area contributed by atoms with Crippen molar-refractivity contribution in [3.8, 4) is 6.07 Å². The van der Waals surface area contributed by atoms with Crippen LogP contribution in [0.1, 0.15) is 13.8 Å². The number of hydrogen-bond donors (Lipinski definition) is 0. The summed E-state index contributed by atoms with van der Waals surface area (Å²) in [5, 5.41) is 8.38. The van der Waals surface area contributed by atoms with E-state index >= 15 is 0 Å². The Morgan fingerprint density at radius 3 is 2.20 bits per heavy atom. The molecule has 0 aromatic rings. The first kappa shape index (κ1) is 9.92. The van der Waals surface area contributed by atoms with Crippen LogP contribution in [0, 0.1) is 11.3 Å². The molecule has 3 nitrogen and oxygen atoms in total. The molecule has 58 valence electrons. The molecule has 10 heavy (non-hydrogen) atoms. The van der Waals surface area contributed by atoms with E-state index < -0.39 is 13.5 Å². The lowest BCUT2D eigenvalue weighted by Crippen LogP contribution is -2.27. The minimum atomic E-state index is -3.29. The zero-order chi connectivity index (χ0) is 8.41. The first-order valence-corrected chi connectivity index (χ1v) is 5.14. The highest BCUT2D eigenvalue weighted by Crippen LogP contribution is 2.23. The van der Waals surface area contributed by atoms with Gasteiger partial charge in [-0.3, -0.25) is 0 Å². The van der Waals surface area contributed by atoms with Gasteiger partial charge in [-0.15, -0.1) is 0 Å². The maximum atomic E-state index is 11.0. The van der Waals surface area contributed by atoms with Crippen molar-refractivity contribution >= 4 is 25.8 Å². The van der Waals surface area contributed by atoms with Crippen LogP contribution in [0.2, 0.25) is 0 Å². The van der Waals surface area contributed by atoms with Gasteiger partial charge < -0.3 is 0 Å². The van der Waals surface area contributed by atoms with E-state index in [-0.39, 0.29) is 5.75 Å². The number of sulfone groups is 1. The smallest absolute Gasteiger partial charge is 0.209 e. The summed E-state index contributed by atoms with van der Waals surface area (Å²) in [5.41, 5.74) is 0. The Kier molecular flexibility index (Phi) is 2.86. The van der Waals surface area contributed by atoms with Crippen molar-refractivity contribution in [1.82, 2.24) is 0 Å². The Morgan fingerprint density at radius 2 is 2.10 bits per heavy atom. The van der Waals surface area contributed by atoms with Crippen molar-refractivity contribution in [1.29, 1.82) is 5.26 Å². The summed E-state index contributed by atoms with van der Waals surface area (Å²) < 4.78 is 20.5. The second kappa shape index (κ2) is 2.89. The molecule has 0 aliphatic rings. The van der Waals surface area contributed by atoms with Crippen LogP contribution in [0.4, 0.5) is 0 Å². The van der Waals surface area contributed by atoms with Gasteiger partial charge in [-0.1, -0.05) is 22.9 Å². The van der Waals surface area contributed by atoms with Gasteiger partial charge in [0.15, 0.2) is 9.84 Å². The van der Waals surface area contributed by atoms with Gasteiger partial charge in [-0.2, -0.15) is 5.26 Å². The molecule has 0 unspecified atom stereocenters. The Hall–Kier alpha value is -0.0800. The normalized spacial score (nSPS) is 17.4. The number of hydrogen-bond acceptors (Lipinski definition) is 3. The summed E-state index contributed by atoms with van der Waals surface area (Å²) in [7, 11) is -3.29. The van der Waals surface area contributed by atoms with Gasteiger partial charge in [0.1, 0.15) is 0 Å². The molecule has 0 heterocycles. The monoisotopic (exact) mass is 225 g/mol. The van der Waals surface area contributed by atoms with Crippen molar-refractivity contribution in [3.63, 3.8) is 0 Å². The van der Waals surface area contributed by atoms with Gasteiger partial charge >= 0.3 is 0 Å². The van der Waals surface area contributed by atoms with Crippen molar-refractivity contribution in [2.45, 2.75) is 17.5 Å². The third kappa shape index (κ3) is 1.70. The van der Waals surface area contributed by atoms with Crippen molar-refractivity contribution in [3.05, 3.63) is 0 Å². The molecular weight excluding hydrogens is 218 g/mol. The van der Waals surface area contributed by atoms with E-state index in [1.807, 2.05) is 0 Å². The lowest BCUT2D eigenvalue weighted by atomic mass is 10.5. The SMILES string of the molecule is CCS(=O)(=O)[C@@](C)(Br)C#N. The summed E-state index contributed by atoms with van der Waals surface area (Å²) >= 11 is 2.81. The molecule has 0 saturated heterocycles. The molecule has 0 spiro atoms. The molecule has 0 bridgehead atoms. The third-order valence-electron chi connectivity index (χ3n) is 1.16. The van der Waals surface area contributed by atoms with Crippen LogP contribution in [0.5, 0.6) is 0 Å². The van der Waals surface area contributed by atoms with Crippen molar-refractivity contribution in [2.24, 2.45) is 0 Å². The molecule has 1 atom stereocenters. The van der Waals surface area contributed by atoms with Crippen LogP contribution in [0.15, 0.2) is 0 Å². The quantitative estimate of drug-likeness (QED) is 0.661. The standard InChI is InChI=1S/C5H8BrNO2S/c1-3-10(8,9)5(2,6)4-7/h3H2,1-2H3/t5-/m1/s1. The van der Waals surface area contributed by atoms with E-state index in [4.69, 9.17) is 5.26 Å². The predicted octanol–water partition coefficient (Wildman–Crippen LogP) is 1.06. The highest BCUT2D eigenvalue weighted by atomic mass is 79.9. The Bertz CT molecular complexity index is 249. The first-order valence-electron chi connectivity index (χ1n) is 2.70. The molecule has 0 aliphatic heterocycles. The fraction of sp³-hybridized carbons (Fsp3) is 0.800. The van der Waals surface area contributed by atoms with Gasteiger partial charge in [0.2, 0.25) is 3.66 Å². The average Bonchev–Trinajstić information content (AvgIpc) is 1.88. The van der Waals surface area contributed by atoms with Crippen LogP contribution in [-0.2, 0) is 9.84 Å². The van der Waals surface area contributed by atoms with E-state index in [0.717, 1.165) is 0 Å². The van der Waals surface area contributed by atoms with E-state index in [2.05, 4.69) is 15.9 Å². The number of halogens is 1. The van der Waals surface area contributed by atoms with Crippen LogP contribution in [-0.4, -0.2) is 17.8 Å². The minimum Gasteiger partial charge on any atom is -0.226 e. The van der Waals surface area contributed by atoms with Crippen LogP contribution >= 0.6 is 15.9 Å². The Balaban J connectivity index is 4.88. The predicted molar refractivity (Wildman–Crippen MR) is 42.4 cm³/mol. The molecule has 0 radical (unpaired) electrons. The Labute approximate surface area is 69.1 Å². The van der Waals surface area contributed by atoms with Crippen molar-refractivity contribution in [2.75, 3.05) is 5.75 Å². The summed E-state index contributed by atoms with van der Waals surface area (Å²) in [4.78, 5) is 0. The number of nitriles is 1. The zero-order valence-electron chi connectivity index (χ0n) is 5.76. The van der Waals surface area contributed by atoms with E-state index in [0.29, 0.717) is 0 Å².